The van der Waals surface area contributed by atoms with E-state index in [4.69, 9.17) is 10.5 Å². The number of piperidine rings is 1. The average Bonchev–Trinajstić information content (AvgIpc) is 2.75. The van der Waals surface area contributed by atoms with Crippen LogP contribution in [0.25, 0.3) is 32.4 Å². The molecule has 4 aromatic rings. The monoisotopic (exact) mass is 389 g/mol. The number of hydrogen-bond donors (Lipinski definition) is 3. The largest absolute Gasteiger partial charge is 0.493 e. The van der Waals surface area contributed by atoms with Gasteiger partial charge in [0, 0.05) is 41.2 Å². The lowest BCUT2D eigenvalue weighted by atomic mass is 9.98. The molecule has 0 unspecified atom stereocenters. The maximum absolute atomic E-state index is 13.0. The lowest BCUT2D eigenvalue weighted by Gasteiger charge is -2.27. The number of aromatic nitrogens is 2. The zero-order chi connectivity index (χ0) is 20.0. The van der Waals surface area contributed by atoms with Crippen molar-refractivity contribution in [3.8, 4) is 5.88 Å². The zero-order valence-corrected chi connectivity index (χ0v) is 16.1. The lowest BCUT2D eigenvalue weighted by Crippen LogP contribution is -2.43. The first-order valence-corrected chi connectivity index (χ1v) is 10.1. The number of nitrogens with zero attached hydrogens (tertiary/aromatic N) is 3. The molecule has 1 aliphatic rings. The molecule has 0 radical (unpaired) electrons. The van der Waals surface area contributed by atoms with Crippen molar-refractivity contribution in [3.05, 3.63) is 52.0 Å². The van der Waals surface area contributed by atoms with E-state index in [2.05, 4.69) is 10.4 Å². The maximum Gasteiger partial charge on any atom is 0.215 e. The molecule has 0 saturated carbocycles. The van der Waals surface area contributed by atoms with Gasteiger partial charge in [-0.25, -0.2) is 9.69 Å². The topological polar surface area (TPSA) is 94.2 Å². The summed E-state index contributed by atoms with van der Waals surface area (Å²) in [6.07, 6.45) is 3.68. The van der Waals surface area contributed by atoms with Crippen LogP contribution in [-0.2, 0) is 6.54 Å². The van der Waals surface area contributed by atoms with E-state index < -0.39 is 0 Å². The fraction of sp³-hybridized carbons (Fsp3) is 0.318. The number of hydrogen-bond acceptors (Lipinski definition) is 6. The Morgan fingerprint density at radius 2 is 1.76 bits per heavy atom. The Hall–Kier alpha value is -3.03. The van der Waals surface area contributed by atoms with E-state index in [0.29, 0.717) is 40.2 Å². The number of fused-ring (bicyclic) bond motifs is 2. The van der Waals surface area contributed by atoms with Crippen molar-refractivity contribution < 1.29 is 5.11 Å². The maximum atomic E-state index is 13.0. The van der Waals surface area contributed by atoms with Crippen LogP contribution in [0.3, 0.4) is 0 Å². The van der Waals surface area contributed by atoms with Crippen molar-refractivity contribution in [3.63, 3.8) is 0 Å². The van der Waals surface area contributed by atoms with E-state index in [1.165, 1.54) is 19.3 Å². The lowest BCUT2D eigenvalue weighted by molar-refractivity contribution is 0.150. The number of benzene rings is 3. The molecule has 7 heteroatoms. The number of nitrogens with one attached hydrogen (secondary N) is 2. The molecular formula is C22H23N5O2. The molecular weight excluding hydrogens is 366 g/mol. The fourth-order valence-corrected chi connectivity index (χ4v) is 4.36. The molecule has 3 aromatic carbocycles. The number of hydrazine groups is 1. The third kappa shape index (κ3) is 2.94. The first kappa shape index (κ1) is 18.0. The predicted octanol–water partition coefficient (Wildman–Crippen LogP) is 2.32. The summed E-state index contributed by atoms with van der Waals surface area (Å²) in [4.78, 5) is 13.0. The summed E-state index contributed by atoms with van der Waals surface area (Å²) in [5.74, 6) is 0.0256. The fourth-order valence-electron chi connectivity index (χ4n) is 4.36. The van der Waals surface area contributed by atoms with Crippen molar-refractivity contribution in [2.24, 2.45) is 0 Å². The van der Waals surface area contributed by atoms with E-state index in [9.17, 15) is 9.90 Å². The van der Waals surface area contributed by atoms with Crippen LogP contribution in [0.4, 0.5) is 0 Å². The van der Waals surface area contributed by atoms with Gasteiger partial charge in [0.2, 0.25) is 5.88 Å². The Bertz CT molecular complexity index is 1320. The highest BCUT2D eigenvalue weighted by Gasteiger charge is 2.18. The molecule has 3 N–H and O–H groups in total. The number of aromatic hydroxyl groups is 1. The van der Waals surface area contributed by atoms with E-state index in [0.717, 1.165) is 18.5 Å². The van der Waals surface area contributed by atoms with Crippen LogP contribution >= 0.6 is 0 Å². The van der Waals surface area contributed by atoms with Gasteiger partial charge in [-0.2, -0.15) is 5.10 Å². The molecule has 7 nitrogen and oxygen atoms in total. The van der Waals surface area contributed by atoms with Crippen LogP contribution in [0.2, 0.25) is 0 Å². The molecule has 0 bridgehead atoms. The van der Waals surface area contributed by atoms with Gasteiger partial charge in [0.1, 0.15) is 5.52 Å². The van der Waals surface area contributed by atoms with Crippen LogP contribution < -0.4 is 16.2 Å². The molecule has 2 heterocycles. The average molecular weight is 389 g/mol. The first-order valence-electron chi connectivity index (χ1n) is 10.1. The van der Waals surface area contributed by atoms with Crippen molar-refractivity contribution >= 4 is 32.4 Å². The predicted molar refractivity (Wildman–Crippen MR) is 113 cm³/mol. The van der Waals surface area contributed by atoms with Crippen LogP contribution in [0, 0.1) is 5.41 Å². The van der Waals surface area contributed by atoms with Gasteiger partial charge in [-0.3, -0.25) is 10.2 Å². The summed E-state index contributed by atoms with van der Waals surface area (Å²) < 4.78 is 1.59. The smallest absolute Gasteiger partial charge is 0.215 e. The summed E-state index contributed by atoms with van der Waals surface area (Å²) in [5.41, 5.74) is 3.88. The van der Waals surface area contributed by atoms with Gasteiger partial charge in [-0.1, -0.05) is 30.7 Å². The molecule has 148 valence electrons. The molecule has 1 fully saturated rings. The Balaban J connectivity index is 1.65. The summed E-state index contributed by atoms with van der Waals surface area (Å²) in [7, 11) is 0. The van der Waals surface area contributed by atoms with Crippen LogP contribution in [-0.4, -0.2) is 39.5 Å². The molecule has 1 aliphatic heterocycles. The molecule has 29 heavy (non-hydrogen) atoms. The van der Waals surface area contributed by atoms with Crippen molar-refractivity contribution in [2.45, 2.75) is 25.8 Å². The van der Waals surface area contributed by atoms with E-state index in [1.54, 1.807) is 22.9 Å². The second-order valence-corrected chi connectivity index (χ2v) is 7.64. The van der Waals surface area contributed by atoms with Crippen molar-refractivity contribution in [1.82, 2.24) is 20.2 Å². The highest BCUT2D eigenvalue weighted by Crippen LogP contribution is 2.32. The van der Waals surface area contributed by atoms with E-state index >= 15 is 0 Å². The molecule has 1 saturated heterocycles. The molecule has 0 amide bonds. The molecule has 0 atom stereocenters. The Morgan fingerprint density at radius 3 is 2.55 bits per heavy atom. The van der Waals surface area contributed by atoms with Gasteiger partial charge in [-0.15, -0.1) is 0 Å². The second kappa shape index (κ2) is 7.09. The minimum atomic E-state index is -0.186. The van der Waals surface area contributed by atoms with Gasteiger partial charge in [0.25, 0.3) is 0 Å². The highest BCUT2D eigenvalue weighted by atomic mass is 16.3. The van der Waals surface area contributed by atoms with E-state index in [-0.39, 0.29) is 16.7 Å². The normalized spacial score (nSPS) is 15.6. The summed E-state index contributed by atoms with van der Waals surface area (Å²) in [6, 6.07) is 10.6. The Morgan fingerprint density at radius 1 is 1.00 bits per heavy atom. The quantitative estimate of drug-likeness (QED) is 0.368. The van der Waals surface area contributed by atoms with Gasteiger partial charge in [-0.05, 0) is 25.0 Å². The standard InChI is InChI=1S/C22H23N5O2/c23-17-9-8-16-18-19(17)21(28)15-7-3-2-6-14(15)20(18)25-27(22(16)29)13-10-24-26-11-4-1-5-12-26/h2-3,6-9,23-24,29H,1,4-5,10-13H2. The minimum absolute atomic E-state index is 0.0256. The van der Waals surface area contributed by atoms with Crippen molar-refractivity contribution in [1.29, 1.82) is 5.41 Å². The van der Waals surface area contributed by atoms with Gasteiger partial charge >= 0.3 is 0 Å². The molecule has 0 aliphatic carbocycles. The summed E-state index contributed by atoms with van der Waals surface area (Å²) in [5, 5.41) is 28.9. The van der Waals surface area contributed by atoms with Crippen molar-refractivity contribution in [2.75, 3.05) is 19.6 Å². The van der Waals surface area contributed by atoms with Crippen LogP contribution in [0.1, 0.15) is 19.3 Å². The van der Waals surface area contributed by atoms with Crippen LogP contribution in [0.15, 0.2) is 41.2 Å². The van der Waals surface area contributed by atoms with Gasteiger partial charge in [0.15, 0.2) is 5.43 Å². The third-order valence-corrected chi connectivity index (χ3v) is 5.82. The Labute approximate surface area is 167 Å². The zero-order valence-electron chi connectivity index (χ0n) is 16.1. The molecule has 5 rings (SSSR count). The van der Waals surface area contributed by atoms with Gasteiger partial charge < -0.3 is 10.5 Å². The van der Waals surface area contributed by atoms with Gasteiger partial charge in [0.05, 0.1) is 17.3 Å². The highest BCUT2D eigenvalue weighted by molar-refractivity contribution is 6.19. The molecule has 1 aromatic heterocycles. The second-order valence-electron chi connectivity index (χ2n) is 7.64. The Kier molecular flexibility index (Phi) is 4.41. The number of rotatable bonds is 4. The van der Waals surface area contributed by atoms with E-state index in [1.807, 2.05) is 18.2 Å². The van der Waals surface area contributed by atoms with Crippen LogP contribution in [0.5, 0.6) is 5.88 Å². The summed E-state index contributed by atoms with van der Waals surface area (Å²) >= 11 is 0. The summed E-state index contributed by atoms with van der Waals surface area (Å²) in [6.45, 7) is 3.23. The SMILES string of the molecule is N=c1ccc2c(O)n(CCNN3CCCCC3)nc3c4ccccc4c(=O)c1c23. The third-order valence-electron chi connectivity index (χ3n) is 5.82. The molecule has 0 spiro atoms. The minimum Gasteiger partial charge on any atom is -0.493 e. The first-order chi connectivity index (χ1) is 14.1.